The molecule has 1 aromatic carbocycles. The van der Waals surface area contributed by atoms with Crippen molar-refractivity contribution in [1.82, 2.24) is 15.1 Å². The zero-order valence-corrected chi connectivity index (χ0v) is 14.9. The first-order valence-electron chi connectivity index (χ1n) is 8.12. The van der Waals surface area contributed by atoms with Gasteiger partial charge in [-0.15, -0.1) is 0 Å². The average molecular weight is 372 g/mol. The van der Waals surface area contributed by atoms with Crippen LogP contribution in [0.25, 0.3) is 11.5 Å². The van der Waals surface area contributed by atoms with Crippen LogP contribution in [-0.2, 0) is 11.2 Å². The first-order valence-corrected chi connectivity index (χ1v) is 9.10. The van der Waals surface area contributed by atoms with Crippen molar-refractivity contribution in [2.24, 2.45) is 0 Å². The third kappa shape index (κ3) is 4.66. The number of anilines is 1. The fourth-order valence-electron chi connectivity index (χ4n) is 2.18. The average Bonchev–Trinajstić information content (AvgIpc) is 3.11. The van der Waals surface area contributed by atoms with Crippen LogP contribution in [-0.4, -0.2) is 26.8 Å². The number of rotatable bonds is 7. The number of hydrogen-bond donors (Lipinski definition) is 1. The third-order valence-electron chi connectivity index (χ3n) is 3.42. The highest BCUT2D eigenvalue weighted by molar-refractivity contribution is 7.99. The quantitative estimate of drug-likeness (QED) is 0.633. The van der Waals surface area contributed by atoms with Gasteiger partial charge in [0, 0.05) is 12.6 Å². The Labute approximate surface area is 154 Å². The minimum absolute atomic E-state index is 0.127. The van der Waals surface area contributed by atoms with Gasteiger partial charge in [0.2, 0.25) is 5.91 Å². The summed E-state index contributed by atoms with van der Waals surface area (Å²) in [4.78, 5) is 20.5. The summed E-state index contributed by atoms with van der Waals surface area (Å²) in [7, 11) is 0. The van der Waals surface area contributed by atoms with Crippen LogP contribution in [0.15, 0.2) is 52.1 Å². The lowest BCUT2D eigenvalue weighted by molar-refractivity contribution is -0.113. The van der Waals surface area contributed by atoms with E-state index >= 15 is 0 Å². The van der Waals surface area contributed by atoms with Crippen LogP contribution in [0, 0.1) is 5.82 Å². The number of aryl methyl sites for hydroxylation is 1. The molecule has 0 aliphatic carbocycles. The molecule has 0 aliphatic heterocycles. The summed E-state index contributed by atoms with van der Waals surface area (Å²) >= 11 is 1.26. The largest absolute Gasteiger partial charge is 0.334 e. The number of nitrogens with zero attached hydrogens (tertiary/aromatic N) is 3. The first kappa shape index (κ1) is 18.1. The molecule has 0 bridgehead atoms. The SMILES string of the molecule is CCCc1noc(-c2ccc(SCC(=O)Nc3ccccc3F)nc2)n1. The molecule has 134 valence electrons. The van der Waals surface area contributed by atoms with Gasteiger partial charge in [-0.05, 0) is 30.7 Å². The van der Waals surface area contributed by atoms with E-state index in [1.165, 1.54) is 23.9 Å². The van der Waals surface area contributed by atoms with E-state index in [2.05, 4.69) is 20.4 Å². The number of pyridine rings is 1. The molecule has 0 fully saturated rings. The summed E-state index contributed by atoms with van der Waals surface area (Å²) in [5.74, 6) is 0.463. The lowest BCUT2D eigenvalue weighted by atomic mass is 10.3. The number of hydrogen-bond acceptors (Lipinski definition) is 6. The molecule has 26 heavy (non-hydrogen) atoms. The van der Waals surface area contributed by atoms with Gasteiger partial charge in [0.1, 0.15) is 5.82 Å². The molecule has 0 radical (unpaired) electrons. The molecule has 1 N–H and O–H groups in total. The number of aromatic nitrogens is 3. The predicted octanol–water partition coefficient (Wildman–Crippen LogP) is 3.95. The molecule has 6 nitrogen and oxygen atoms in total. The summed E-state index contributed by atoms with van der Waals surface area (Å²) in [5, 5.41) is 7.12. The van der Waals surface area contributed by atoms with E-state index in [0.29, 0.717) is 16.7 Å². The van der Waals surface area contributed by atoms with Gasteiger partial charge >= 0.3 is 0 Å². The number of halogens is 1. The zero-order chi connectivity index (χ0) is 18.4. The summed E-state index contributed by atoms with van der Waals surface area (Å²) in [5.41, 5.74) is 0.890. The van der Waals surface area contributed by atoms with E-state index in [1.54, 1.807) is 24.4 Å². The molecule has 0 atom stereocenters. The normalized spacial score (nSPS) is 10.7. The number of amides is 1. The maximum atomic E-state index is 13.5. The van der Waals surface area contributed by atoms with Crippen molar-refractivity contribution >= 4 is 23.4 Å². The molecule has 1 amide bonds. The van der Waals surface area contributed by atoms with Crippen LogP contribution in [0.4, 0.5) is 10.1 Å². The van der Waals surface area contributed by atoms with Crippen molar-refractivity contribution in [3.63, 3.8) is 0 Å². The number of thioether (sulfide) groups is 1. The molecule has 3 aromatic rings. The molecular weight excluding hydrogens is 355 g/mol. The Morgan fingerprint density at radius 1 is 1.27 bits per heavy atom. The van der Waals surface area contributed by atoms with Gasteiger partial charge in [-0.2, -0.15) is 4.98 Å². The lowest BCUT2D eigenvalue weighted by Crippen LogP contribution is -2.15. The lowest BCUT2D eigenvalue weighted by Gasteiger charge is -2.05. The second kappa shape index (κ2) is 8.57. The molecule has 2 aromatic heterocycles. The molecule has 2 heterocycles. The summed E-state index contributed by atoms with van der Waals surface area (Å²) in [6.07, 6.45) is 3.34. The minimum Gasteiger partial charge on any atom is -0.334 e. The second-order valence-corrected chi connectivity index (χ2v) is 6.46. The van der Waals surface area contributed by atoms with Crippen molar-refractivity contribution in [3.05, 3.63) is 54.2 Å². The fourth-order valence-corrected chi connectivity index (χ4v) is 2.82. The van der Waals surface area contributed by atoms with Crippen LogP contribution < -0.4 is 5.32 Å². The van der Waals surface area contributed by atoms with Crippen molar-refractivity contribution in [2.45, 2.75) is 24.8 Å². The minimum atomic E-state index is -0.463. The summed E-state index contributed by atoms with van der Waals surface area (Å²) in [6.45, 7) is 2.05. The van der Waals surface area contributed by atoms with E-state index in [1.807, 2.05) is 13.0 Å². The van der Waals surface area contributed by atoms with Crippen LogP contribution >= 0.6 is 11.8 Å². The predicted molar refractivity (Wildman–Crippen MR) is 97.3 cm³/mol. The van der Waals surface area contributed by atoms with Gasteiger partial charge in [0.25, 0.3) is 5.89 Å². The smallest absolute Gasteiger partial charge is 0.259 e. The molecule has 8 heteroatoms. The Bertz CT molecular complexity index is 883. The van der Waals surface area contributed by atoms with Crippen LogP contribution in [0.1, 0.15) is 19.2 Å². The Kier molecular flexibility index (Phi) is 5.96. The number of carbonyl (C=O) groups is 1. The highest BCUT2D eigenvalue weighted by Crippen LogP contribution is 2.21. The van der Waals surface area contributed by atoms with Crippen molar-refractivity contribution in [3.8, 4) is 11.5 Å². The van der Waals surface area contributed by atoms with E-state index < -0.39 is 5.82 Å². The fraction of sp³-hybridized carbons (Fsp3) is 0.222. The van der Waals surface area contributed by atoms with E-state index in [0.717, 1.165) is 18.4 Å². The van der Waals surface area contributed by atoms with E-state index in [-0.39, 0.29) is 17.3 Å². The Morgan fingerprint density at radius 3 is 2.85 bits per heavy atom. The second-order valence-electron chi connectivity index (χ2n) is 5.47. The van der Waals surface area contributed by atoms with E-state index in [4.69, 9.17) is 4.52 Å². The maximum Gasteiger partial charge on any atom is 0.259 e. The topological polar surface area (TPSA) is 80.9 Å². The summed E-state index contributed by atoms with van der Waals surface area (Å²) in [6, 6.07) is 9.64. The molecule has 0 saturated heterocycles. The maximum absolute atomic E-state index is 13.5. The van der Waals surface area contributed by atoms with Crippen molar-refractivity contribution in [2.75, 3.05) is 11.1 Å². The van der Waals surface area contributed by atoms with Crippen LogP contribution in [0.5, 0.6) is 0 Å². The standard InChI is InChI=1S/C18H17FN4O2S/c1-2-5-15-22-18(25-23-15)12-8-9-17(20-10-12)26-11-16(24)21-14-7-4-3-6-13(14)19/h3-4,6-10H,2,5,11H2,1H3,(H,21,24). The number of nitrogens with one attached hydrogen (secondary N) is 1. The monoisotopic (exact) mass is 372 g/mol. The van der Waals surface area contributed by atoms with Gasteiger partial charge in [0.15, 0.2) is 5.82 Å². The third-order valence-corrected chi connectivity index (χ3v) is 4.37. The molecule has 0 aliphatic rings. The van der Waals surface area contributed by atoms with Crippen LogP contribution in [0.2, 0.25) is 0 Å². The van der Waals surface area contributed by atoms with Gasteiger partial charge in [0.05, 0.1) is 22.0 Å². The Morgan fingerprint density at radius 2 is 2.12 bits per heavy atom. The molecule has 3 rings (SSSR count). The van der Waals surface area contributed by atoms with E-state index in [9.17, 15) is 9.18 Å². The van der Waals surface area contributed by atoms with Crippen molar-refractivity contribution in [1.29, 1.82) is 0 Å². The highest BCUT2D eigenvalue weighted by atomic mass is 32.2. The molecule has 0 spiro atoms. The van der Waals surface area contributed by atoms with Gasteiger partial charge in [-0.25, -0.2) is 9.37 Å². The number of carbonyl (C=O) groups excluding carboxylic acids is 1. The summed E-state index contributed by atoms with van der Waals surface area (Å²) < 4.78 is 18.7. The van der Waals surface area contributed by atoms with Gasteiger partial charge in [-0.3, -0.25) is 4.79 Å². The number of para-hydroxylation sites is 1. The highest BCUT2D eigenvalue weighted by Gasteiger charge is 2.10. The van der Waals surface area contributed by atoms with Gasteiger partial charge < -0.3 is 9.84 Å². The Balaban J connectivity index is 1.55. The van der Waals surface area contributed by atoms with Gasteiger partial charge in [-0.1, -0.05) is 36.0 Å². The van der Waals surface area contributed by atoms with Crippen molar-refractivity contribution < 1.29 is 13.7 Å². The zero-order valence-electron chi connectivity index (χ0n) is 14.1. The Hall–Kier alpha value is -2.74. The van der Waals surface area contributed by atoms with Crippen LogP contribution in [0.3, 0.4) is 0 Å². The molecule has 0 unspecified atom stereocenters. The first-order chi connectivity index (χ1) is 12.7. The number of benzene rings is 1. The molecular formula is C18H17FN4O2S. The molecule has 0 saturated carbocycles.